The van der Waals surface area contributed by atoms with Crippen molar-refractivity contribution < 1.29 is 13.2 Å². The van der Waals surface area contributed by atoms with Crippen molar-refractivity contribution in [3.05, 3.63) is 18.3 Å². The number of aromatic nitrogens is 1. The minimum absolute atomic E-state index is 0.0835. The van der Waals surface area contributed by atoms with Gasteiger partial charge in [0.05, 0.1) is 0 Å². The van der Waals surface area contributed by atoms with Crippen molar-refractivity contribution in [2.24, 2.45) is 5.41 Å². The minimum atomic E-state index is -3.49. The van der Waals surface area contributed by atoms with E-state index >= 15 is 0 Å². The standard InChI is InChI=1S/C14H23N3O3S/c1-3-15-13-5-4-12(10-16-13)21(18,19)17-11-14(6-7-14)8-9-20-2/h4-5,10,17H,3,6-9,11H2,1-2H3,(H,15,16). The average Bonchev–Trinajstić information content (AvgIpc) is 3.25. The molecule has 118 valence electrons. The Hall–Kier alpha value is -1.18. The molecule has 0 spiro atoms. The fourth-order valence-electron chi connectivity index (χ4n) is 2.17. The molecule has 1 aromatic rings. The second-order valence-electron chi connectivity index (χ2n) is 5.48. The molecule has 7 heteroatoms. The summed E-state index contributed by atoms with van der Waals surface area (Å²) in [7, 11) is -1.83. The summed E-state index contributed by atoms with van der Waals surface area (Å²) < 4.78 is 32.3. The Morgan fingerprint density at radius 3 is 2.67 bits per heavy atom. The molecular formula is C14H23N3O3S. The lowest BCUT2D eigenvalue weighted by molar-refractivity contribution is 0.173. The number of hydrogen-bond acceptors (Lipinski definition) is 5. The third-order valence-electron chi connectivity index (χ3n) is 3.84. The zero-order valence-electron chi connectivity index (χ0n) is 12.6. The first kappa shape index (κ1) is 16.2. The van der Waals surface area contributed by atoms with Crippen LogP contribution in [0.1, 0.15) is 26.2 Å². The van der Waals surface area contributed by atoms with Gasteiger partial charge in [-0.25, -0.2) is 18.1 Å². The van der Waals surface area contributed by atoms with Crippen molar-refractivity contribution in [1.29, 1.82) is 0 Å². The predicted molar refractivity (Wildman–Crippen MR) is 81.7 cm³/mol. The summed E-state index contributed by atoms with van der Waals surface area (Å²) in [6.07, 6.45) is 4.38. The first-order valence-corrected chi connectivity index (χ1v) is 8.68. The van der Waals surface area contributed by atoms with Crippen LogP contribution < -0.4 is 10.0 Å². The van der Waals surface area contributed by atoms with E-state index in [9.17, 15) is 8.42 Å². The lowest BCUT2D eigenvalue weighted by Gasteiger charge is -2.15. The summed E-state index contributed by atoms with van der Waals surface area (Å²) in [6, 6.07) is 3.25. The first-order chi connectivity index (χ1) is 10.0. The van der Waals surface area contributed by atoms with Crippen LogP contribution in [0.3, 0.4) is 0 Å². The number of hydrogen-bond donors (Lipinski definition) is 2. The van der Waals surface area contributed by atoms with Crippen LogP contribution in [0.15, 0.2) is 23.2 Å². The Balaban J connectivity index is 1.95. The highest BCUT2D eigenvalue weighted by Gasteiger charge is 2.42. The van der Waals surface area contributed by atoms with E-state index in [0.717, 1.165) is 25.8 Å². The van der Waals surface area contributed by atoms with Gasteiger partial charge in [0.15, 0.2) is 0 Å². The topological polar surface area (TPSA) is 80.3 Å². The van der Waals surface area contributed by atoms with Gasteiger partial charge < -0.3 is 10.1 Å². The van der Waals surface area contributed by atoms with Gasteiger partial charge in [0.2, 0.25) is 10.0 Å². The maximum atomic E-state index is 12.2. The predicted octanol–water partition coefficient (Wildman–Crippen LogP) is 1.61. The summed E-state index contributed by atoms with van der Waals surface area (Å²) >= 11 is 0. The Kier molecular flexibility index (Phi) is 5.18. The number of rotatable bonds is 9. The lowest BCUT2D eigenvalue weighted by atomic mass is 10.0. The van der Waals surface area contributed by atoms with Crippen LogP contribution in [0, 0.1) is 5.41 Å². The van der Waals surface area contributed by atoms with Crippen LogP contribution in [0.25, 0.3) is 0 Å². The molecule has 1 aliphatic rings. The molecule has 6 nitrogen and oxygen atoms in total. The molecule has 1 heterocycles. The molecule has 1 aromatic heterocycles. The monoisotopic (exact) mass is 313 g/mol. The SMILES string of the molecule is CCNc1ccc(S(=O)(=O)NCC2(CCOC)CC2)cn1. The van der Waals surface area contributed by atoms with E-state index in [4.69, 9.17) is 4.74 Å². The van der Waals surface area contributed by atoms with Gasteiger partial charge in [-0.15, -0.1) is 0 Å². The van der Waals surface area contributed by atoms with Crippen LogP contribution in [-0.4, -0.2) is 40.2 Å². The van der Waals surface area contributed by atoms with Crippen LogP contribution in [0.2, 0.25) is 0 Å². The molecule has 1 aliphatic carbocycles. The van der Waals surface area contributed by atoms with E-state index in [1.165, 1.54) is 6.20 Å². The number of ether oxygens (including phenoxy) is 1. The number of nitrogens with zero attached hydrogens (tertiary/aromatic N) is 1. The van der Waals surface area contributed by atoms with E-state index in [-0.39, 0.29) is 10.3 Å². The van der Waals surface area contributed by atoms with Gasteiger partial charge in [-0.2, -0.15) is 0 Å². The van der Waals surface area contributed by atoms with Gasteiger partial charge in [0.1, 0.15) is 10.7 Å². The van der Waals surface area contributed by atoms with Gasteiger partial charge in [0.25, 0.3) is 0 Å². The maximum absolute atomic E-state index is 12.2. The number of nitrogens with one attached hydrogen (secondary N) is 2. The highest BCUT2D eigenvalue weighted by Crippen LogP contribution is 2.48. The second-order valence-corrected chi connectivity index (χ2v) is 7.24. The van der Waals surface area contributed by atoms with E-state index < -0.39 is 10.0 Å². The molecule has 21 heavy (non-hydrogen) atoms. The van der Waals surface area contributed by atoms with Crippen LogP contribution >= 0.6 is 0 Å². The van der Waals surface area contributed by atoms with E-state index in [1.807, 2.05) is 6.92 Å². The fraction of sp³-hybridized carbons (Fsp3) is 0.643. The maximum Gasteiger partial charge on any atom is 0.242 e. The van der Waals surface area contributed by atoms with Crippen molar-refractivity contribution in [3.63, 3.8) is 0 Å². The largest absolute Gasteiger partial charge is 0.385 e. The van der Waals surface area contributed by atoms with Gasteiger partial charge in [-0.05, 0) is 43.7 Å². The molecule has 0 bridgehead atoms. The molecule has 0 aliphatic heterocycles. The lowest BCUT2D eigenvalue weighted by Crippen LogP contribution is -2.31. The smallest absolute Gasteiger partial charge is 0.242 e. The number of methoxy groups -OCH3 is 1. The molecule has 0 saturated heterocycles. The van der Waals surface area contributed by atoms with Gasteiger partial charge in [0, 0.05) is 33.0 Å². The second kappa shape index (κ2) is 6.72. The van der Waals surface area contributed by atoms with Gasteiger partial charge >= 0.3 is 0 Å². The Bertz CT molecular complexity index is 553. The highest BCUT2D eigenvalue weighted by atomic mass is 32.2. The highest BCUT2D eigenvalue weighted by molar-refractivity contribution is 7.89. The fourth-order valence-corrected chi connectivity index (χ4v) is 3.27. The first-order valence-electron chi connectivity index (χ1n) is 7.20. The van der Waals surface area contributed by atoms with E-state index in [1.54, 1.807) is 19.2 Å². The summed E-state index contributed by atoms with van der Waals surface area (Å²) in [6.45, 7) is 3.84. The normalized spacial score (nSPS) is 16.7. The number of pyridine rings is 1. The van der Waals surface area contributed by atoms with Crippen molar-refractivity contribution >= 4 is 15.8 Å². The molecular weight excluding hydrogens is 290 g/mol. The molecule has 1 fully saturated rings. The quantitative estimate of drug-likeness (QED) is 0.724. The summed E-state index contributed by atoms with van der Waals surface area (Å²) in [4.78, 5) is 4.29. The molecule has 0 amide bonds. The van der Waals surface area contributed by atoms with Crippen LogP contribution in [0.5, 0.6) is 0 Å². The number of anilines is 1. The summed E-state index contributed by atoms with van der Waals surface area (Å²) in [5.41, 5.74) is 0.0835. The Labute approximate surface area is 126 Å². The van der Waals surface area contributed by atoms with Crippen molar-refractivity contribution in [2.45, 2.75) is 31.1 Å². The molecule has 0 atom stereocenters. The zero-order valence-corrected chi connectivity index (χ0v) is 13.4. The summed E-state index contributed by atoms with van der Waals surface area (Å²) in [5.74, 6) is 0.676. The molecule has 0 unspecified atom stereocenters. The summed E-state index contributed by atoms with van der Waals surface area (Å²) in [5, 5.41) is 3.04. The molecule has 0 radical (unpaired) electrons. The zero-order chi connectivity index (χ0) is 15.3. The third kappa shape index (κ3) is 4.39. The van der Waals surface area contributed by atoms with Gasteiger partial charge in [-0.1, -0.05) is 0 Å². The minimum Gasteiger partial charge on any atom is -0.385 e. The Morgan fingerprint density at radius 1 is 1.38 bits per heavy atom. The molecule has 2 N–H and O–H groups in total. The Morgan fingerprint density at radius 2 is 2.14 bits per heavy atom. The molecule has 0 aromatic carbocycles. The average molecular weight is 313 g/mol. The molecule has 2 rings (SSSR count). The van der Waals surface area contributed by atoms with Crippen LogP contribution in [0.4, 0.5) is 5.82 Å². The van der Waals surface area contributed by atoms with Crippen molar-refractivity contribution in [3.8, 4) is 0 Å². The van der Waals surface area contributed by atoms with E-state index in [0.29, 0.717) is 19.0 Å². The van der Waals surface area contributed by atoms with Crippen LogP contribution in [-0.2, 0) is 14.8 Å². The van der Waals surface area contributed by atoms with Crippen molar-refractivity contribution in [2.75, 3.05) is 32.1 Å². The van der Waals surface area contributed by atoms with E-state index in [2.05, 4.69) is 15.0 Å². The van der Waals surface area contributed by atoms with Crippen molar-refractivity contribution in [1.82, 2.24) is 9.71 Å². The van der Waals surface area contributed by atoms with Gasteiger partial charge in [-0.3, -0.25) is 0 Å². The number of sulfonamides is 1. The molecule has 1 saturated carbocycles. The third-order valence-corrected chi connectivity index (χ3v) is 5.22.